The van der Waals surface area contributed by atoms with Crippen LogP contribution in [0.25, 0.3) is 0 Å². The third kappa shape index (κ3) is 2.96. The molecular weight excluding hydrogens is 246 g/mol. The summed E-state index contributed by atoms with van der Waals surface area (Å²) < 4.78 is 0. The van der Waals surface area contributed by atoms with E-state index in [1.807, 2.05) is 19.2 Å². The van der Waals surface area contributed by atoms with Crippen LogP contribution in [0.15, 0.2) is 12.1 Å². The highest BCUT2D eigenvalue weighted by molar-refractivity contribution is 6.31. The fraction of sp³-hybridized carbons (Fsp3) is 0.643. The number of nitrogens with one attached hydrogen (secondary N) is 1. The molecule has 2 unspecified atom stereocenters. The van der Waals surface area contributed by atoms with Crippen LogP contribution >= 0.6 is 11.6 Å². The van der Waals surface area contributed by atoms with Gasteiger partial charge in [-0.2, -0.15) is 0 Å². The van der Waals surface area contributed by atoms with Crippen LogP contribution in [0.5, 0.6) is 0 Å². The van der Waals surface area contributed by atoms with Gasteiger partial charge in [0.1, 0.15) is 5.82 Å². The van der Waals surface area contributed by atoms with Gasteiger partial charge in [-0.15, -0.1) is 0 Å². The fourth-order valence-electron chi connectivity index (χ4n) is 2.41. The Morgan fingerprint density at radius 2 is 2.17 bits per heavy atom. The number of hydrogen-bond acceptors (Lipinski definition) is 3. The molecule has 18 heavy (non-hydrogen) atoms. The topological polar surface area (TPSA) is 28.2 Å². The van der Waals surface area contributed by atoms with Crippen LogP contribution in [-0.4, -0.2) is 25.1 Å². The number of halogens is 1. The SMILES string of the molecule is CNCc1nc(N2CCC(C)C(C)C2)ccc1Cl. The van der Waals surface area contributed by atoms with Gasteiger partial charge in [0, 0.05) is 19.6 Å². The number of pyridine rings is 1. The molecule has 3 nitrogen and oxygen atoms in total. The molecule has 2 atom stereocenters. The molecule has 1 aromatic heterocycles. The Hall–Kier alpha value is -0.800. The van der Waals surface area contributed by atoms with Crippen molar-refractivity contribution in [1.29, 1.82) is 0 Å². The number of anilines is 1. The zero-order valence-corrected chi connectivity index (χ0v) is 12.2. The predicted molar refractivity (Wildman–Crippen MR) is 77.2 cm³/mol. The summed E-state index contributed by atoms with van der Waals surface area (Å²) in [4.78, 5) is 7.05. The van der Waals surface area contributed by atoms with Crippen molar-refractivity contribution in [2.75, 3.05) is 25.0 Å². The maximum absolute atomic E-state index is 6.14. The van der Waals surface area contributed by atoms with Gasteiger partial charge in [-0.05, 0) is 37.4 Å². The average Bonchev–Trinajstić information content (AvgIpc) is 2.36. The van der Waals surface area contributed by atoms with Gasteiger partial charge in [-0.25, -0.2) is 4.98 Å². The smallest absolute Gasteiger partial charge is 0.128 e. The van der Waals surface area contributed by atoms with E-state index in [1.165, 1.54) is 6.42 Å². The van der Waals surface area contributed by atoms with Crippen molar-refractivity contribution in [2.45, 2.75) is 26.8 Å². The van der Waals surface area contributed by atoms with Crippen molar-refractivity contribution in [1.82, 2.24) is 10.3 Å². The van der Waals surface area contributed by atoms with Gasteiger partial charge in [0.15, 0.2) is 0 Å². The quantitative estimate of drug-likeness (QED) is 0.913. The maximum atomic E-state index is 6.14. The lowest BCUT2D eigenvalue weighted by Crippen LogP contribution is -2.39. The highest BCUT2D eigenvalue weighted by Crippen LogP contribution is 2.27. The molecule has 0 aromatic carbocycles. The minimum Gasteiger partial charge on any atom is -0.356 e. The molecule has 4 heteroatoms. The van der Waals surface area contributed by atoms with Gasteiger partial charge in [0.05, 0.1) is 10.7 Å². The van der Waals surface area contributed by atoms with E-state index < -0.39 is 0 Å². The number of piperidine rings is 1. The second kappa shape index (κ2) is 5.89. The molecular formula is C14H22ClN3. The van der Waals surface area contributed by atoms with E-state index in [4.69, 9.17) is 11.6 Å². The summed E-state index contributed by atoms with van der Waals surface area (Å²) in [6.07, 6.45) is 1.24. The van der Waals surface area contributed by atoms with Gasteiger partial charge in [-0.3, -0.25) is 0 Å². The number of hydrogen-bond donors (Lipinski definition) is 1. The molecule has 0 saturated carbocycles. The van der Waals surface area contributed by atoms with E-state index in [0.717, 1.165) is 41.5 Å². The molecule has 2 heterocycles. The van der Waals surface area contributed by atoms with E-state index in [2.05, 4.69) is 29.0 Å². The molecule has 0 aliphatic carbocycles. The van der Waals surface area contributed by atoms with Crippen LogP contribution in [0.4, 0.5) is 5.82 Å². The number of aromatic nitrogens is 1. The first kappa shape index (κ1) is 13.6. The van der Waals surface area contributed by atoms with Crippen molar-refractivity contribution in [3.05, 3.63) is 22.8 Å². The fourth-order valence-corrected chi connectivity index (χ4v) is 2.58. The van der Waals surface area contributed by atoms with Crippen molar-refractivity contribution in [2.24, 2.45) is 11.8 Å². The van der Waals surface area contributed by atoms with Gasteiger partial charge in [0.2, 0.25) is 0 Å². The lowest BCUT2D eigenvalue weighted by atomic mass is 9.89. The van der Waals surface area contributed by atoms with Gasteiger partial charge < -0.3 is 10.2 Å². The largest absolute Gasteiger partial charge is 0.356 e. The standard InChI is InChI=1S/C14H22ClN3/c1-10-6-7-18(9-11(10)2)14-5-4-12(15)13(17-14)8-16-3/h4-5,10-11,16H,6-9H2,1-3H3. The summed E-state index contributed by atoms with van der Waals surface area (Å²) in [6, 6.07) is 3.99. The van der Waals surface area contributed by atoms with E-state index in [0.29, 0.717) is 6.54 Å². The van der Waals surface area contributed by atoms with Crippen molar-refractivity contribution in [3.8, 4) is 0 Å². The molecule has 0 bridgehead atoms. The minimum atomic E-state index is 0.715. The molecule has 0 amide bonds. The predicted octanol–water partition coefficient (Wildman–Crippen LogP) is 2.94. The summed E-state index contributed by atoms with van der Waals surface area (Å²) in [6.45, 7) is 7.56. The Labute approximate surface area is 115 Å². The summed E-state index contributed by atoms with van der Waals surface area (Å²) >= 11 is 6.14. The Bertz CT molecular complexity index is 408. The Balaban J connectivity index is 2.15. The third-order valence-corrected chi connectivity index (χ3v) is 4.25. The monoisotopic (exact) mass is 267 g/mol. The van der Waals surface area contributed by atoms with E-state index in [1.54, 1.807) is 0 Å². The van der Waals surface area contributed by atoms with E-state index in [9.17, 15) is 0 Å². The summed E-state index contributed by atoms with van der Waals surface area (Å²) in [5, 5.41) is 3.85. The lowest BCUT2D eigenvalue weighted by Gasteiger charge is -2.36. The normalized spacial score (nSPS) is 24.3. The molecule has 0 spiro atoms. The van der Waals surface area contributed by atoms with Crippen molar-refractivity contribution >= 4 is 17.4 Å². The molecule has 1 aliphatic rings. The molecule has 2 rings (SSSR count). The highest BCUT2D eigenvalue weighted by atomic mass is 35.5. The zero-order valence-electron chi connectivity index (χ0n) is 11.4. The van der Waals surface area contributed by atoms with Crippen molar-refractivity contribution in [3.63, 3.8) is 0 Å². The van der Waals surface area contributed by atoms with Crippen LogP contribution in [0.3, 0.4) is 0 Å². The van der Waals surface area contributed by atoms with E-state index in [-0.39, 0.29) is 0 Å². The zero-order chi connectivity index (χ0) is 13.1. The molecule has 1 N–H and O–H groups in total. The second-order valence-corrected chi connectivity index (χ2v) is 5.72. The van der Waals surface area contributed by atoms with Crippen LogP contribution < -0.4 is 10.2 Å². The molecule has 100 valence electrons. The van der Waals surface area contributed by atoms with Crippen LogP contribution in [0.1, 0.15) is 26.0 Å². The summed E-state index contributed by atoms with van der Waals surface area (Å²) in [7, 11) is 1.91. The first-order valence-corrected chi connectivity index (χ1v) is 7.04. The molecule has 1 aliphatic heterocycles. The molecule has 0 radical (unpaired) electrons. The summed E-state index contributed by atoms with van der Waals surface area (Å²) in [5.41, 5.74) is 0.933. The third-order valence-electron chi connectivity index (χ3n) is 3.91. The number of nitrogens with zero attached hydrogens (tertiary/aromatic N) is 2. The first-order chi connectivity index (χ1) is 8.61. The molecule has 1 saturated heterocycles. The van der Waals surface area contributed by atoms with Crippen LogP contribution in [0.2, 0.25) is 5.02 Å². The summed E-state index contributed by atoms with van der Waals surface area (Å²) in [5.74, 6) is 2.60. The maximum Gasteiger partial charge on any atom is 0.128 e. The van der Waals surface area contributed by atoms with Crippen LogP contribution in [-0.2, 0) is 6.54 Å². The van der Waals surface area contributed by atoms with Gasteiger partial charge >= 0.3 is 0 Å². The van der Waals surface area contributed by atoms with Gasteiger partial charge in [-0.1, -0.05) is 25.4 Å². The molecule has 1 aromatic rings. The minimum absolute atomic E-state index is 0.715. The Kier molecular flexibility index (Phi) is 4.46. The van der Waals surface area contributed by atoms with Gasteiger partial charge in [0.25, 0.3) is 0 Å². The number of rotatable bonds is 3. The van der Waals surface area contributed by atoms with Crippen LogP contribution in [0, 0.1) is 11.8 Å². The molecule has 1 fully saturated rings. The van der Waals surface area contributed by atoms with E-state index >= 15 is 0 Å². The average molecular weight is 268 g/mol. The van der Waals surface area contributed by atoms with Crippen molar-refractivity contribution < 1.29 is 0 Å². The highest BCUT2D eigenvalue weighted by Gasteiger charge is 2.23. The Morgan fingerprint density at radius 3 is 2.83 bits per heavy atom. The first-order valence-electron chi connectivity index (χ1n) is 6.66. The second-order valence-electron chi connectivity index (χ2n) is 5.32. The lowest BCUT2D eigenvalue weighted by molar-refractivity contribution is 0.322. The Morgan fingerprint density at radius 1 is 1.39 bits per heavy atom.